The van der Waals surface area contributed by atoms with Crippen molar-refractivity contribution < 1.29 is 52.3 Å². The normalized spacial score (nSPS) is 23.8. The van der Waals surface area contributed by atoms with E-state index in [1.165, 1.54) is 13.0 Å². The maximum Gasteiger partial charge on any atom is 0.416 e. The molecule has 0 radical (unpaired) electrons. The number of aromatic nitrogens is 4. The van der Waals surface area contributed by atoms with E-state index >= 15 is 0 Å². The highest BCUT2D eigenvalue weighted by molar-refractivity contribution is 6.28. The van der Waals surface area contributed by atoms with Crippen molar-refractivity contribution >= 4 is 40.5 Å². The van der Waals surface area contributed by atoms with Crippen LogP contribution in [0.4, 0.5) is 19.0 Å². The van der Waals surface area contributed by atoms with Crippen LogP contribution in [-0.4, -0.2) is 83.4 Å². The molecule has 0 amide bonds. The van der Waals surface area contributed by atoms with Gasteiger partial charge in [0.2, 0.25) is 5.28 Å². The van der Waals surface area contributed by atoms with Crippen LogP contribution in [0.5, 0.6) is 0 Å². The molecular formula is C25H23ClF3N5O8. The summed E-state index contributed by atoms with van der Waals surface area (Å²) in [7, 11) is 0. The molecule has 42 heavy (non-hydrogen) atoms. The van der Waals surface area contributed by atoms with Gasteiger partial charge in [-0.1, -0.05) is 24.1 Å². The van der Waals surface area contributed by atoms with Crippen LogP contribution in [0.2, 0.25) is 5.28 Å². The Balaban J connectivity index is 1.69. The summed E-state index contributed by atoms with van der Waals surface area (Å²) >= 11 is 5.88. The van der Waals surface area contributed by atoms with Crippen LogP contribution in [0.1, 0.15) is 24.3 Å². The zero-order chi connectivity index (χ0) is 31.0. The second-order valence-electron chi connectivity index (χ2n) is 9.17. The zero-order valence-corrected chi connectivity index (χ0v) is 22.3. The Kier molecular flexibility index (Phi) is 8.36. The van der Waals surface area contributed by atoms with Gasteiger partial charge in [-0.2, -0.15) is 23.1 Å². The molecule has 3 heterocycles. The molecule has 1 saturated heterocycles. The first-order valence-electron chi connectivity index (χ1n) is 12.1. The Morgan fingerprint density at radius 1 is 1.33 bits per heavy atom. The number of imidazole rings is 1. The first-order valence-corrected chi connectivity index (χ1v) is 12.5. The number of halogens is 4. The summed E-state index contributed by atoms with van der Waals surface area (Å²) < 4.78 is 57.2. The lowest BCUT2D eigenvalue weighted by molar-refractivity contribution is -0.194. The minimum Gasteiger partial charge on any atom is -0.479 e. The van der Waals surface area contributed by atoms with Crippen molar-refractivity contribution in [2.75, 3.05) is 18.9 Å². The number of hydrogen-bond donors (Lipinski definition) is 4. The summed E-state index contributed by atoms with van der Waals surface area (Å²) in [6, 6.07) is 3.63. The van der Waals surface area contributed by atoms with E-state index in [0.717, 1.165) is 23.0 Å². The number of esters is 1. The number of benzene rings is 1. The molecule has 2 aromatic heterocycles. The fourth-order valence-electron chi connectivity index (χ4n) is 4.43. The number of carbonyl (C=O) groups is 2. The van der Waals surface area contributed by atoms with E-state index in [9.17, 15) is 38.1 Å². The van der Waals surface area contributed by atoms with E-state index < -0.39 is 66.3 Å². The highest BCUT2D eigenvalue weighted by Crippen LogP contribution is 2.40. The number of alkyl halides is 3. The number of nitrogens with two attached hydrogens (primary N) is 1. The fraction of sp³-hybridized carbons (Fsp3) is 0.400. The molecule has 1 aromatic carbocycles. The van der Waals surface area contributed by atoms with Gasteiger partial charge in [0.25, 0.3) is 5.60 Å². The molecule has 13 nitrogen and oxygen atoms in total. The van der Waals surface area contributed by atoms with Gasteiger partial charge in [0.15, 0.2) is 23.3 Å². The fourth-order valence-corrected chi connectivity index (χ4v) is 4.60. The zero-order valence-electron chi connectivity index (χ0n) is 21.6. The van der Waals surface area contributed by atoms with Gasteiger partial charge in [-0.25, -0.2) is 14.6 Å². The number of rotatable bonds is 9. The highest BCUT2D eigenvalue weighted by atomic mass is 35.5. The molecule has 0 saturated carbocycles. The number of hydrogen-bond acceptors (Lipinski definition) is 11. The Morgan fingerprint density at radius 2 is 2.05 bits per heavy atom. The van der Waals surface area contributed by atoms with Gasteiger partial charge in [-0.15, -0.1) is 6.42 Å². The molecular weight excluding hydrogens is 591 g/mol. The topological polar surface area (TPSA) is 192 Å². The number of anilines is 1. The number of terminal acetylenes is 1. The summed E-state index contributed by atoms with van der Waals surface area (Å²) in [4.78, 5) is 37.3. The maximum atomic E-state index is 13.3. The number of aliphatic carboxylic acids is 1. The van der Waals surface area contributed by atoms with Crippen molar-refractivity contribution in [3.05, 3.63) is 47.0 Å². The molecule has 0 aliphatic carbocycles. The second-order valence-corrected chi connectivity index (χ2v) is 9.51. The third-order valence-electron chi connectivity index (χ3n) is 6.58. The van der Waals surface area contributed by atoms with Crippen LogP contribution in [0, 0.1) is 12.3 Å². The molecule has 1 unspecified atom stereocenters. The summed E-state index contributed by atoms with van der Waals surface area (Å²) in [6.07, 6.45) is -4.08. The average Bonchev–Trinajstić information content (AvgIpc) is 3.45. The van der Waals surface area contributed by atoms with Crippen LogP contribution >= 0.6 is 11.6 Å². The van der Waals surface area contributed by atoms with Gasteiger partial charge in [-0.05, 0) is 30.2 Å². The van der Waals surface area contributed by atoms with Crippen molar-refractivity contribution in [1.29, 1.82) is 0 Å². The van der Waals surface area contributed by atoms with E-state index in [1.54, 1.807) is 0 Å². The van der Waals surface area contributed by atoms with Crippen LogP contribution < -0.4 is 5.73 Å². The quantitative estimate of drug-likeness (QED) is 0.117. The van der Waals surface area contributed by atoms with Crippen molar-refractivity contribution in [2.45, 2.75) is 49.2 Å². The Morgan fingerprint density at radius 3 is 2.67 bits per heavy atom. The molecule has 1 aliphatic rings. The number of aliphatic hydroxyl groups excluding tert-OH is 1. The lowest BCUT2D eigenvalue weighted by Crippen LogP contribution is -2.55. The van der Waals surface area contributed by atoms with E-state index in [2.05, 4.69) is 15.0 Å². The Hall–Kier alpha value is -4.01. The molecule has 1 fully saturated rings. The number of nitrogen functional groups attached to an aromatic ring is 1. The van der Waals surface area contributed by atoms with E-state index in [0.29, 0.717) is 6.07 Å². The molecule has 3 aromatic rings. The number of carboxylic acid groups (broad SMARTS) is 1. The van der Waals surface area contributed by atoms with Crippen molar-refractivity contribution in [3.8, 4) is 12.3 Å². The number of ether oxygens (including phenoxy) is 3. The highest BCUT2D eigenvalue weighted by Gasteiger charge is 2.58. The minimum atomic E-state index is -4.75. The Bertz CT molecular complexity index is 1560. The lowest BCUT2D eigenvalue weighted by Gasteiger charge is -2.31. The number of carbonyl (C=O) groups excluding carboxylic acids is 1. The molecule has 5 N–H and O–H groups in total. The van der Waals surface area contributed by atoms with Gasteiger partial charge in [0.05, 0.1) is 25.1 Å². The van der Waals surface area contributed by atoms with Crippen molar-refractivity contribution in [1.82, 2.24) is 19.5 Å². The molecule has 224 valence electrons. The van der Waals surface area contributed by atoms with E-state index in [-0.39, 0.29) is 34.4 Å². The minimum absolute atomic E-state index is 0.00607. The van der Waals surface area contributed by atoms with Crippen LogP contribution in [0.15, 0.2) is 30.6 Å². The van der Waals surface area contributed by atoms with Gasteiger partial charge in [0, 0.05) is 6.42 Å². The summed E-state index contributed by atoms with van der Waals surface area (Å²) in [5.41, 5.74) is -0.873. The maximum absolute atomic E-state index is 13.3. The number of aliphatic hydroxyl groups is 2. The van der Waals surface area contributed by atoms with E-state index in [4.69, 9.17) is 38.0 Å². The van der Waals surface area contributed by atoms with Gasteiger partial charge in [0.1, 0.15) is 17.7 Å². The standard InChI is InChI=1S/C25H23ClF3N5O8/c1-3-23(39)14(42-19(16(23)35)34-11-31-15-17(30)32-22(26)33-18(15)34)10-41-24(20(36)37,21(38)40-4-2)9-12-6-5-7-13(8-12)25(27,28)29/h1,5-8,11,14,16,19,35,39H,4,9-10H2,2H3,(H,36,37)(H2,30,32,33)/t14-,16+,19-,23-,24?/m1/s1. The van der Waals surface area contributed by atoms with Crippen LogP contribution in [-0.2, 0) is 36.4 Å². The molecule has 5 atom stereocenters. The predicted molar refractivity (Wildman–Crippen MR) is 137 cm³/mol. The van der Waals surface area contributed by atoms with Crippen molar-refractivity contribution in [3.63, 3.8) is 0 Å². The molecule has 17 heteroatoms. The summed E-state index contributed by atoms with van der Waals surface area (Å²) in [6.45, 7) is 0.143. The number of carboxylic acids is 1. The third kappa shape index (κ3) is 5.44. The molecule has 1 aliphatic heterocycles. The molecule has 0 bridgehead atoms. The molecule has 0 spiro atoms. The number of nitrogens with zero attached hydrogens (tertiary/aromatic N) is 4. The second kappa shape index (κ2) is 11.3. The van der Waals surface area contributed by atoms with Gasteiger partial charge < -0.3 is 35.3 Å². The average molecular weight is 614 g/mol. The summed E-state index contributed by atoms with van der Waals surface area (Å²) in [5, 5.41) is 32.0. The van der Waals surface area contributed by atoms with Gasteiger partial charge in [-0.3, -0.25) is 4.57 Å². The van der Waals surface area contributed by atoms with Crippen molar-refractivity contribution in [2.24, 2.45) is 0 Å². The lowest BCUT2D eigenvalue weighted by atomic mass is 9.91. The monoisotopic (exact) mass is 613 g/mol. The number of fused-ring (bicyclic) bond motifs is 1. The Labute approximate surface area is 240 Å². The van der Waals surface area contributed by atoms with Crippen LogP contribution in [0.25, 0.3) is 11.2 Å². The van der Waals surface area contributed by atoms with Gasteiger partial charge >= 0.3 is 18.1 Å². The predicted octanol–water partition coefficient (Wildman–Crippen LogP) is 1.35. The smallest absolute Gasteiger partial charge is 0.416 e. The molecule has 4 rings (SSSR count). The first kappa shape index (κ1) is 30.9. The summed E-state index contributed by atoms with van der Waals surface area (Å²) in [5.74, 6) is -1.44. The largest absolute Gasteiger partial charge is 0.479 e. The van der Waals surface area contributed by atoms with E-state index in [1.807, 2.05) is 5.92 Å². The first-order chi connectivity index (χ1) is 19.7. The SMILES string of the molecule is C#C[C@@]1(O)[C@@H](COC(Cc2cccc(C(F)(F)F)c2)(C(=O)O)C(=O)OCC)O[C@@H](n2cnc3c(N)nc(Cl)nc32)[C@@H]1O. The third-order valence-corrected chi connectivity index (χ3v) is 6.75. The van der Waals surface area contributed by atoms with Crippen LogP contribution in [0.3, 0.4) is 0 Å².